The summed E-state index contributed by atoms with van der Waals surface area (Å²) in [6.45, 7) is 5.46. The predicted octanol–water partition coefficient (Wildman–Crippen LogP) is 1.28. The van der Waals surface area contributed by atoms with Crippen LogP contribution in [0.5, 0.6) is 5.75 Å². The Bertz CT molecular complexity index is 635. The molecule has 0 radical (unpaired) electrons. The number of carbonyl (C=O) groups is 1. The Morgan fingerprint density at radius 3 is 2.32 bits per heavy atom. The lowest BCUT2D eigenvalue weighted by atomic mass is 10.0. The Hall–Kier alpha value is -1.60. The lowest BCUT2D eigenvalue weighted by molar-refractivity contribution is -0.119. The van der Waals surface area contributed by atoms with E-state index in [1.807, 2.05) is 19.9 Å². The van der Waals surface area contributed by atoms with Crippen molar-refractivity contribution in [1.82, 2.24) is 9.21 Å². The summed E-state index contributed by atoms with van der Waals surface area (Å²) in [6, 6.07) is 5.27. The van der Waals surface area contributed by atoms with E-state index >= 15 is 0 Å². The highest BCUT2D eigenvalue weighted by Crippen LogP contribution is 2.30. The van der Waals surface area contributed by atoms with Gasteiger partial charge in [-0.3, -0.25) is 4.79 Å². The van der Waals surface area contributed by atoms with Gasteiger partial charge in [0.2, 0.25) is 16.4 Å². The summed E-state index contributed by atoms with van der Waals surface area (Å²) >= 11 is 0. The largest absolute Gasteiger partial charge is 0.495 e. The van der Waals surface area contributed by atoms with E-state index in [1.165, 1.54) is 11.4 Å². The molecular formula is C15H22N2O4S. The highest BCUT2D eigenvalue weighted by atomic mass is 32.2. The van der Waals surface area contributed by atoms with Crippen LogP contribution >= 0.6 is 0 Å². The molecule has 0 spiro atoms. The van der Waals surface area contributed by atoms with Gasteiger partial charge >= 0.3 is 0 Å². The fourth-order valence-corrected chi connectivity index (χ4v) is 4.06. The number of sulfonamides is 1. The summed E-state index contributed by atoms with van der Waals surface area (Å²) in [7, 11) is -2.16. The summed E-state index contributed by atoms with van der Waals surface area (Å²) < 4.78 is 32.4. The maximum atomic E-state index is 12.9. The van der Waals surface area contributed by atoms with Gasteiger partial charge in [-0.1, -0.05) is 19.9 Å². The minimum Gasteiger partial charge on any atom is -0.495 e. The van der Waals surface area contributed by atoms with Crippen molar-refractivity contribution in [3.05, 3.63) is 23.8 Å². The summed E-state index contributed by atoms with van der Waals surface area (Å²) in [5.41, 5.74) is 0.950. The summed E-state index contributed by atoms with van der Waals surface area (Å²) in [5, 5.41) is 0. The van der Waals surface area contributed by atoms with Crippen molar-refractivity contribution in [3.8, 4) is 5.75 Å². The smallest absolute Gasteiger partial charge is 0.246 e. The second-order valence-corrected chi connectivity index (χ2v) is 7.52. The topological polar surface area (TPSA) is 66.9 Å². The van der Waals surface area contributed by atoms with Crippen LogP contribution in [0.3, 0.4) is 0 Å². The Balaban J connectivity index is 2.36. The number of nitrogens with zero attached hydrogens (tertiary/aromatic N) is 2. The fraction of sp³-hybridized carbons (Fsp3) is 0.533. The van der Waals surface area contributed by atoms with Gasteiger partial charge < -0.3 is 9.64 Å². The van der Waals surface area contributed by atoms with Crippen LogP contribution in [0.1, 0.15) is 25.3 Å². The van der Waals surface area contributed by atoms with Crippen molar-refractivity contribution < 1.29 is 17.9 Å². The molecule has 1 heterocycles. The van der Waals surface area contributed by atoms with Crippen molar-refractivity contribution >= 4 is 16.4 Å². The lowest BCUT2D eigenvalue weighted by Crippen LogP contribution is -2.48. The van der Waals surface area contributed by atoms with Crippen molar-refractivity contribution in [2.45, 2.75) is 24.7 Å². The number of benzene rings is 1. The van der Waals surface area contributed by atoms with E-state index in [1.54, 1.807) is 17.0 Å². The van der Waals surface area contributed by atoms with Gasteiger partial charge in [0.15, 0.2) is 0 Å². The Morgan fingerprint density at radius 1 is 1.18 bits per heavy atom. The van der Waals surface area contributed by atoms with Gasteiger partial charge in [-0.2, -0.15) is 4.31 Å². The van der Waals surface area contributed by atoms with E-state index in [4.69, 9.17) is 4.74 Å². The van der Waals surface area contributed by atoms with Crippen LogP contribution in [-0.2, 0) is 14.8 Å². The second-order valence-electron chi connectivity index (χ2n) is 5.61. The van der Waals surface area contributed by atoms with Crippen LogP contribution in [-0.4, -0.2) is 57.3 Å². The van der Waals surface area contributed by atoms with Gasteiger partial charge in [-0.25, -0.2) is 8.42 Å². The van der Waals surface area contributed by atoms with Gasteiger partial charge in [0, 0.05) is 26.2 Å². The molecule has 0 saturated carbocycles. The van der Waals surface area contributed by atoms with Crippen molar-refractivity contribution in [2.75, 3.05) is 33.3 Å². The van der Waals surface area contributed by atoms with Gasteiger partial charge in [0.25, 0.3) is 0 Å². The average molecular weight is 326 g/mol. The van der Waals surface area contributed by atoms with Crippen LogP contribution in [0.4, 0.5) is 0 Å². The first-order chi connectivity index (χ1) is 10.4. The normalized spacial score (nSPS) is 16.8. The first-order valence-electron chi connectivity index (χ1n) is 7.27. The summed E-state index contributed by atoms with van der Waals surface area (Å²) in [6.07, 6.45) is 0.754. The van der Waals surface area contributed by atoms with Crippen LogP contribution in [0.25, 0.3) is 0 Å². The highest BCUT2D eigenvalue weighted by Gasteiger charge is 2.30. The molecule has 0 bridgehead atoms. The maximum absolute atomic E-state index is 12.9. The molecule has 6 nitrogen and oxygen atoms in total. The summed E-state index contributed by atoms with van der Waals surface area (Å²) in [4.78, 5) is 12.5. The second kappa shape index (κ2) is 6.66. The van der Waals surface area contributed by atoms with Gasteiger partial charge in [-0.05, 0) is 23.6 Å². The van der Waals surface area contributed by atoms with Crippen LogP contribution < -0.4 is 4.74 Å². The molecule has 1 aliphatic heterocycles. The zero-order valence-corrected chi connectivity index (χ0v) is 14.0. The third-order valence-electron chi connectivity index (χ3n) is 3.89. The van der Waals surface area contributed by atoms with E-state index in [0.717, 1.165) is 12.0 Å². The molecule has 1 fully saturated rings. The van der Waals surface area contributed by atoms with Crippen LogP contribution in [0.2, 0.25) is 0 Å². The monoisotopic (exact) mass is 326 g/mol. The zero-order chi connectivity index (χ0) is 16.3. The van der Waals surface area contributed by atoms with E-state index in [2.05, 4.69) is 0 Å². The molecule has 0 N–H and O–H groups in total. The molecule has 1 aliphatic rings. The molecule has 0 unspecified atom stereocenters. The van der Waals surface area contributed by atoms with E-state index in [-0.39, 0.29) is 10.8 Å². The number of carbonyl (C=O) groups excluding carboxylic acids is 1. The van der Waals surface area contributed by atoms with E-state index in [9.17, 15) is 13.2 Å². The molecule has 0 aliphatic carbocycles. The molecule has 1 aromatic rings. The quantitative estimate of drug-likeness (QED) is 0.765. The van der Waals surface area contributed by atoms with Crippen molar-refractivity contribution in [3.63, 3.8) is 0 Å². The number of methoxy groups -OCH3 is 1. The Labute approximate surface area is 131 Å². The van der Waals surface area contributed by atoms with E-state index in [0.29, 0.717) is 31.9 Å². The summed E-state index contributed by atoms with van der Waals surface area (Å²) in [5.74, 6) is 0.578. The molecule has 0 aromatic heterocycles. The molecule has 0 atom stereocenters. The first-order valence-corrected chi connectivity index (χ1v) is 8.71. The number of hydrogen-bond acceptors (Lipinski definition) is 4. The molecule has 22 heavy (non-hydrogen) atoms. The minimum absolute atomic E-state index is 0.195. The molecule has 1 amide bonds. The molecule has 1 saturated heterocycles. The SMILES string of the molecule is COc1ccc(C(C)C)cc1S(=O)(=O)N1CCN(C=O)CC1. The standard InChI is InChI=1S/C15H22N2O4S/c1-12(2)13-4-5-14(21-3)15(10-13)22(19,20)17-8-6-16(11-18)7-9-17/h4-5,10-12H,6-9H2,1-3H3. The van der Waals surface area contributed by atoms with Gasteiger partial charge in [0.05, 0.1) is 7.11 Å². The van der Waals surface area contributed by atoms with E-state index < -0.39 is 10.0 Å². The number of amides is 1. The maximum Gasteiger partial charge on any atom is 0.246 e. The molecule has 122 valence electrons. The first kappa shape index (κ1) is 16.8. The number of rotatable bonds is 5. The zero-order valence-electron chi connectivity index (χ0n) is 13.2. The Kier molecular flexibility index (Phi) is 5.08. The molecular weight excluding hydrogens is 304 g/mol. The van der Waals surface area contributed by atoms with Crippen molar-refractivity contribution in [1.29, 1.82) is 0 Å². The molecule has 2 rings (SSSR count). The van der Waals surface area contributed by atoms with Crippen LogP contribution in [0.15, 0.2) is 23.1 Å². The van der Waals surface area contributed by atoms with Crippen molar-refractivity contribution in [2.24, 2.45) is 0 Å². The predicted molar refractivity (Wildman–Crippen MR) is 83.5 cm³/mol. The highest BCUT2D eigenvalue weighted by molar-refractivity contribution is 7.89. The Morgan fingerprint density at radius 2 is 1.82 bits per heavy atom. The van der Waals surface area contributed by atoms with Crippen LogP contribution in [0, 0.1) is 0 Å². The van der Waals surface area contributed by atoms with Gasteiger partial charge in [0.1, 0.15) is 10.6 Å². The number of hydrogen-bond donors (Lipinski definition) is 0. The third kappa shape index (κ3) is 3.25. The number of piperazine rings is 1. The molecule has 7 heteroatoms. The fourth-order valence-electron chi connectivity index (χ4n) is 2.44. The average Bonchev–Trinajstić information content (AvgIpc) is 2.54. The molecule has 1 aromatic carbocycles. The third-order valence-corrected chi connectivity index (χ3v) is 5.81. The lowest BCUT2D eigenvalue weighted by Gasteiger charge is -2.32. The van der Waals surface area contributed by atoms with Gasteiger partial charge in [-0.15, -0.1) is 0 Å². The number of ether oxygens (including phenoxy) is 1. The minimum atomic E-state index is -3.63.